The average Bonchev–Trinajstić information content (AvgIpc) is 3.27. The lowest BCUT2D eigenvalue weighted by molar-refractivity contribution is -0.125. The van der Waals surface area contributed by atoms with Crippen LogP contribution in [0.5, 0.6) is 0 Å². The van der Waals surface area contributed by atoms with Crippen LogP contribution in [0.1, 0.15) is 74.9 Å². The zero-order valence-electron chi connectivity index (χ0n) is 21.3. The maximum absolute atomic E-state index is 14.5. The Bertz CT molecular complexity index is 1210. The normalized spacial score (nSPS) is 19.1. The van der Waals surface area contributed by atoms with Gasteiger partial charge >= 0.3 is 0 Å². The zero-order chi connectivity index (χ0) is 25.8. The summed E-state index contributed by atoms with van der Waals surface area (Å²) >= 11 is 8.26. The summed E-state index contributed by atoms with van der Waals surface area (Å²) in [6.07, 6.45) is 7.90. The minimum atomic E-state index is -0.522. The lowest BCUT2D eigenvalue weighted by Gasteiger charge is -2.31. The highest BCUT2D eigenvalue weighted by Gasteiger charge is 2.34. The number of ether oxygens (including phenoxy) is 1. The number of hydrogen-bond acceptors (Lipinski definition) is 4. The van der Waals surface area contributed by atoms with E-state index in [-0.39, 0.29) is 17.0 Å². The van der Waals surface area contributed by atoms with Crippen molar-refractivity contribution in [3.8, 4) is 0 Å². The van der Waals surface area contributed by atoms with Crippen molar-refractivity contribution in [2.75, 3.05) is 18.6 Å². The van der Waals surface area contributed by atoms with Crippen molar-refractivity contribution in [3.63, 3.8) is 0 Å². The number of hydrogen-bond donors (Lipinski definition) is 1. The number of fused-ring (bicyclic) bond motifs is 1. The molecule has 37 heavy (non-hydrogen) atoms. The van der Waals surface area contributed by atoms with Gasteiger partial charge in [0.2, 0.25) is 5.91 Å². The number of amides is 1. The molecule has 5 rings (SSSR count). The summed E-state index contributed by atoms with van der Waals surface area (Å²) in [5.74, 6) is 2.74. The Morgan fingerprint density at radius 1 is 1.16 bits per heavy atom. The molecule has 1 aromatic heterocycles. The zero-order valence-corrected chi connectivity index (χ0v) is 22.9. The van der Waals surface area contributed by atoms with Gasteiger partial charge in [-0.25, -0.2) is 9.37 Å². The number of carbonyl (C=O) groups excluding carboxylic acids is 1. The fraction of sp³-hybridized carbons (Fsp3) is 0.517. The molecule has 0 spiro atoms. The number of thioether (sulfide) groups is 1. The van der Waals surface area contributed by atoms with Gasteiger partial charge in [0.15, 0.2) is 0 Å². The molecule has 5 nitrogen and oxygen atoms in total. The van der Waals surface area contributed by atoms with E-state index >= 15 is 0 Å². The van der Waals surface area contributed by atoms with Gasteiger partial charge in [-0.15, -0.1) is 0 Å². The Hall–Kier alpha value is -2.09. The smallest absolute Gasteiger partial charge is 0.243 e. The molecule has 1 aliphatic carbocycles. The van der Waals surface area contributed by atoms with Gasteiger partial charge in [0.05, 0.1) is 16.1 Å². The van der Waals surface area contributed by atoms with E-state index in [1.807, 2.05) is 46.7 Å². The molecule has 198 valence electrons. The van der Waals surface area contributed by atoms with E-state index in [4.69, 9.17) is 21.3 Å². The average molecular weight is 544 g/mol. The molecule has 8 heteroatoms. The molecule has 2 unspecified atom stereocenters. The van der Waals surface area contributed by atoms with Gasteiger partial charge in [-0.2, -0.15) is 11.8 Å². The van der Waals surface area contributed by atoms with Crippen LogP contribution >= 0.6 is 23.4 Å². The van der Waals surface area contributed by atoms with Crippen LogP contribution < -0.4 is 5.32 Å². The second kappa shape index (κ2) is 12.2. The third-order valence-electron chi connectivity index (χ3n) is 7.79. The minimum Gasteiger partial charge on any atom is -0.369 e. The van der Waals surface area contributed by atoms with Gasteiger partial charge in [0, 0.05) is 19.2 Å². The van der Waals surface area contributed by atoms with Crippen LogP contribution in [-0.2, 0) is 9.53 Å². The van der Waals surface area contributed by atoms with Crippen LogP contribution in [0, 0.1) is 11.7 Å². The van der Waals surface area contributed by atoms with Gasteiger partial charge in [0.1, 0.15) is 23.8 Å². The molecular weight excluding hydrogens is 509 g/mol. The Kier molecular flexibility index (Phi) is 8.73. The second-order valence-corrected chi connectivity index (χ2v) is 11.9. The summed E-state index contributed by atoms with van der Waals surface area (Å²) in [4.78, 5) is 18.9. The Morgan fingerprint density at radius 2 is 1.89 bits per heavy atom. The second-order valence-electron chi connectivity index (χ2n) is 10.3. The predicted molar refractivity (Wildman–Crippen MR) is 149 cm³/mol. The molecule has 1 N–H and O–H groups in total. The summed E-state index contributed by atoms with van der Waals surface area (Å²) in [6.45, 7) is 0. The van der Waals surface area contributed by atoms with Gasteiger partial charge in [0.25, 0.3) is 0 Å². The van der Waals surface area contributed by atoms with Crippen molar-refractivity contribution in [2.24, 2.45) is 5.92 Å². The number of nitrogens with one attached hydrogen (secondary N) is 1. The summed E-state index contributed by atoms with van der Waals surface area (Å²) < 4.78 is 22.5. The topological polar surface area (TPSA) is 56.2 Å². The third kappa shape index (κ3) is 5.99. The van der Waals surface area contributed by atoms with Crippen molar-refractivity contribution < 1.29 is 13.9 Å². The van der Waals surface area contributed by atoms with Crippen LogP contribution in [0.3, 0.4) is 0 Å². The van der Waals surface area contributed by atoms with Crippen molar-refractivity contribution in [1.82, 2.24) is 14.9 Å². The standard InChI is InChI=1S/C29H35ClFN3O2S/c1-36-27(20-8-4-2-5-9-20)28-33-24-18-23(31)22(30)17-25(24)34(28)26(16-19-12-14-37-15-13-19)29(35)32-21-10-6-3-7-11-21/h2,4-5,8-9,17-19,21,26-27H,3,6-7,10-16H2,1H3,(H,32,35). The summed E-state index contributed by atoms with van der Waals surface area (Å²) in [6, 6.07) is 12.5. The number of nitrogens with zero attached hydrogens (tertiary/aromatic N) is 2. The van der Waals surface area contributed by atoms with Gasteiger partial charge in [-0.3, -0.25) is 4.79 Å². The van der Waals surface area contributed by atoms with Crippen molar-refractivity contribution in [1.29, 1.82) is 0 Å². The largest absolute Gasteiger partial charge is 0.369 e. The number of imidazole rings is 1. The molecule has 2 aliphatic rings. The van der Waals surface area contributed by atoms with E-state index < -0.39 is 18.0 Å². The maximum Gasteiger partial charge on any atom is 0.243 e. The number of methoxy groups -OCH3 is 1. The monoisotopic (exact) mass is 543 g/mol. The van der Waals surface area contributed by atoms with E-state index in [1.165, 1.54) is 12.5 Å². The van der Waals surface area contributed by atoms with Crippen LogP contribution in [0.4, 0.5) is 4.39 Å². The molecule has 2 atom stereocenters. The highest BCUT2D eigenvalue weighted by atomic mass is 35.5. The Labute approximate surface area is 227 Å². The van der Waals surface area contributed by atoms with Gasteiger partial charge < -0.3 is 14.6 Å². The third-order valence-corrected chi connectivity index (χ3v) is 9.13. The lowest BCUT2D eigenvalue weighted by atomic mass is 9.92. The molecule has 0 bridgehead atoms. The number of carbonyl (C=O) groups is 1. The van der Waals surface area contributed by atoms with Gasteiger partial charge in [-0.05, 0) is 61.2 Å². The minimum absolute atomic E-state index is 0.00837. The highest BCUT2D eigenvalue weighted by molar-refractivity contribution is 7.99. The molecule has 1 aliphatic heterocycles. The van der Waals surface area contributed by atoms with Crippen LogP contribution in [0.15, 0.2) is 42.5 Å². The summed E-state index contributed by atoms with van der Waals surface area (Å²) in [5, 5.41) is 3.39. The molecule has 2 aromatic carbocycles. The van der Waals surface area contributed by atoms with Crippen LogP contribution in [-0.4, -0.2) is 40.1 Å². The van der Waals surface area contributed by atoms with E-state index in [0.717, 1.165) is 55.6 Å². The molecule has 2 heterocycles. The maximum atomic E-state index is 14.5. The van der Waals surface area contributed by atoms with E-state index in [9.17, 15) is 9.18 Å². The quantitative estimate of drug-likeness (QED) is 0.329. The van der Waals surface area contributed by atoms with Crippen molar-refractivity contribution in [2.45, 2.75) is 69.6 Å². The van der Waals surface area contributed by atoms with Crippen LogP contribution in [0.25, 0.3) is 11.0 Å². The molecule has 1 saturated carbocycles. The lowest BCUT2D eigenvalue weighted by Crippen LogP contribution is -2.42. The number of aromatic nitrogens is 2. The molecule has 2 fully saturated rings. The number of rotatable bonds is 8. The SMILES string of the molecule is COC(c1ccccc1)c1nc2cc(F)c(Cl)cc2n1C(CC1CCSCC1)C(=O)NC1CCCCC1. The van der Waals surface area contributed by atoms with Gasteiger partial charge in [-0.1, -0.05) is 61.2 Å². The Balaban J connectivity index is 1.62. The highest BCUT2D eigenvalue weighted by Crippen LogP contribution is 2.37. The summed E-state index contributed by atoms with van der Waals surface area (Å²) in [5.41, 5.74) is 2.06. The first-order valence-corrected chi connectivity index (χ1v) is 14.9. The first-order chi connectivity index (χ1) is 18.0. The number of benzene rings is 2. The van der Waals surface area contributed by atoms with E-state index in [0.29, 0.717) is 29.2 Å². The molecular formula is C29H35ClFN3O2S. The predicted octanol–water partition coefficient (Wildman–Crippen LogP) is 7.09. The fourth-order valence-corrected chi connectivity index (χ4v) is 7.17. The fourth-order valence-electron chi connectivity index (χ4n) is 5.81. The van der Waals surface area contributed by atoms with Crippen LogP contribution in [0.2, 0.25) is 5.02 Å². The number of halogens is 2. The van der Waals surface area contributed by atoms with Crippen molar-refractivity contribution >= 4 is 40.3 Å². The molecule has 0 radical (unpaired) electrons. The molecule has 1 saturated heterocycles. The first-order valence-electron chi connectivity index (χ1n) is 13.4. The molecule has 3 aromatic rings. The van der Waals surface area contributed by atoms with E-state index in [2.05, 4.69) is 5.32 Å². The Morgan fingerprint density at radius 3 is 2.59 bits per heavy atom. The first kappa shape index (κ1) is 26.5. The molecule has 1 amide bonds. The van der Waals surface area contributed by atoms with E-state index in [1.54, 1.807) is 13.2 Å². The van der Waals surface area contributed by atoms with Crippen molar-refractivity contribution in [3.05, 3.63) is 64.7 Å². The summed E-state index contributed by atoms with van der Waals surface area (Å²) in [7, 11) is 1.64.